The molecular weight excluding hydrogens is 224 g/mol. The number of halogens is 2. The molecule has 0 saturated heterocycles. The summed E-state index contributed by atoms with van der Waals surface area (Å²) in [6.07, 6.45) is 1.78. The van der Waals surface area contributed by atoms with Crippen LogP contribution in [0.2, 0.25) is 0 Å². The van der Waals surface area contributed by atoms with Gasteiger partial charge in [-0.25, -0.2) is 8.78 Å². The molecule has 1 fully saturated rings. The fourth-order valence-corrected chi connectivity index (χ4v) is 1.91. The van der Waals surface area contributed by atoms with E-state index >= 15 is 0 Å². The maximum Gasteiger partial charge on any atom is 0.130 e. The van der Waals surface area contributed by atoms with Gasteiger partial charge < -0.3 is 10.4 Å². The van der Waals surface area contributed by atoms with Crippen molar-refractivity contribution in [3.8, 4) is 0 Å². The molecule has 2 nitrogen and oxygen atoms in total. The molecule has 0 heterocycles. The first-order valence-corrected chi connectivity index (χ1v) is 5.94. The van der Waals surface area contributed by atoms with Gasteiger partial charge in [-0.3, -0.25) is 0 Å². The third-order valence-electron chi connectivity index (χ3n) is 3.23. The molecule has 94 valence electrons. The minimum atomic E-state index is -0.573. The summed E-state index contributed by atoms with van der Waals surface area (Å²) in [6, 6.07) is 3.33. The lowest BCUT2D eigenvalue weighted by molar-refractivity contribution is 0.145. The van der Waals surface area contributed by atoms with Crippen molar-refractivity contribution in [2.75, 3.05) is 6.54 Å². The summed E-state index contributed by atoms with van der Waals surface area (Å²) < 4.78 is 26.2. The van der Waals surface area contributed by atoms with E-state index in [1.807, 2.05) is 0 Å². The van der Waals surface area contributed by atoms with Crippen molar-refractivity contribution in [3.05, 3.63) is 35.4 Å². The Morgan fingerprint density at radius 3 is 2.71 bits per heavy atom. The van der Waals surface area contributed by atoms with Crippen molar-refractivity contribution in [1.82, 2.24) is 5.32 Å². The van der Waals surface area contributed by atoms with E-state index in [2.05, 4.69) is 5.32 Å². The third kappa shape index (κ3) is 3.23. The highest BCUT2D eigenvalue weighted by atomic mass is 19.1. The maximum absolute atomic E-state index is 13.5. The molecule has 1 aliphatic rings. The zero-order valence-corrected chi connectivity index (χ0v) is 9.79. The summed E-state index contributed by atoms with van der Waals surface area (Å²) in [6.45, 7) is 2.25. The lowest BCUT2D eigenvalue weighted by Crippen LogP contribution is -2.30. The molecule has 0 amide bonds. The SMILES string of the molecule is CC(NCC(O)C1CC1)c1ccc(F)cc1F. The van der Waals surface area contributed by atoms with E-state index in [1.165, 1.54) is 12.1 Å². The second-order valence-electron chi connectivity index (χ2n) is 4.70. The van der Waals surface area contributed by atoms with Crippen LogP contribution in [0.15, 0.2) is 18.2 Å². The summed E-state index contributed by atoms with van der Waals surface area (Å²) in [5.74, 6) is -0.727. The van der Waals surface area contributed by atoms with Crippen LogP contribution in [-0.4, -0.2) is 17.8 Å². The van der Waals surface area contributed by atoms with Crippen LogP contribution in [0.5, 0.6) is 0 Å². The van der Waals surface area contributed by atoms with Crippen molar-refractivity contribution in [3.63, 3.8) is 0 Å². The number of benzene rings is 1. The summed E-state index contributed by atoms with van der Waals surface area (Å²) in [4.78, 5) is 0. The predicted octanol–water partition coefficient (Wildman–Crippen LogP) is 2.39. The topological polar surface area (TPSA) is 32.3 Å². The standard InChI is InChI=1S/C13H17F2NO/c1-8(16-7-13(17)9-2-3-9)11-5-4-10(14)6-12(11)15/h4-6,8-9,13,16-17H,2-3,7H2,1H3. The molecule has 1 aromatic rings. The normalized spacial score (nSPS) is 19.1. The molecule has 17 heavy (non-hydrogen) atoms. The first-order valence-electron chi connectivity index (χ1n) is 5.94. The van der Waals surface area contributed by atoms with Crippen LogP contribution in [0.3, 0.4) is 0 Å². The van der Waals surface area contributed by atoms with E-state index in [1.54, 1.807) is 6.92 Å². The summed E-state index contributed by atoms with van der Waals surface area (Å²) in [5.41, 5.74) is 0.425. The highest BCUT2D eigenvalue weighted by Crippen LogP contribution is 2.32. The van der Waals surface area contributed by atoms with Crippen LogP contribution in [0, 0.1) is 17.6 Å². The molecule has 0 aromatic heterocycles. The number of hydrogen-bond acceptors (Lipinski definition) is 2. The number of aliphatic hydroxyl groups is 1. The number of hydrogen-bond donors (Lipinski definition) is 2. The molecule has 2 rings (SSSR count). The van der Waals surface area contributed by atoms with E-state index < -0.39 is 11.6 Å². The summed E-state index contributed by atoms with van der Waals surface area (Å²) >= 11 is 0. The molecule has 1 saturated carbocycles. The van der Waals surface area contributed by atoms with E-state index in [9.17, 15) is 13.9 Å². The zero-order chi connectivity index (χ0) is 12.4. The minimum absolute atomic E-state index is 0.232. The monoisotopic (exact) mass is 241 g/mol. The highest BCUT2D eigenvalue weighted by molar-refractivity contribution is 5.21. The molecule has 0 radical (unpaired) electrons. The van der Waals surface area contributed by atoms with Gasteiger partial charge in [-0.05, 0) is 31.7 Å². The van der Waals surface area contributed by atoms with Crippen molar-refractivity contribution >= 4 is 0 Å². The Morgan fingerprint density at radius 1 is 1.41 bits per heavy atom. The van der Waals surface area contributed by atoms with Crippen molar-refractivity contribution in [2.24, 2.45) is 5.92 Å². The maximum atomic E-state index is 13.5. The fraction of sp³-hybridized carbons (Fsp3) is 0.538. The van der Waals surface area contributed by atoms with Crippen LogP contribution in [0.25, 0.3) is 0 Å². The Morgan fingerprint density at radius 2 is 2.12 bits per heavy atom. The summed E-state index contributed by atoms with van der Waals surface area (Å²) in [7, 11) is 0. The molecule has 2 atom stereocenters. The molecule has 0 aliphatic heterocycles. The Kier molecular flexibility index (Phi) is 3.74. The second kappa shape index (κ2) is 5.10. The van der Waals surface area contributed by atoms with Crippen LogP contribution in [0.4, 0.5) is 8.78 Å². The van der Waals surface area contributed by atoms with Gasteiger partial charge in [0, 0.05) is 24.2 Å². The van der Waals surface area contributed by atoms with Crippen LogP contribution in [0.1, 0.15) is 31.4 Å². The van der Waals surface area contributed by atoms with Gasteiger partial charge in [0.1, 0.15) is 11.6 Å². The summed E-state index contributed by atoms with van der Waals surface area (Å²) in [5, 5.41) is 12.7. The van der Waals surface area contributed by atoms with Gasteiger partial charge in [0.2, 0.25) is 0 Å². The fourth-order valence-electron chi connectivity index (χ4n) is 1.91. The average Bonchev–Trinajstić information content (AvgIpc) is 3.09. The predicted molar refractivity (Wildman–Crippen MR) is 61.5 cm³/mol. The number of nitrogens with one attached hydrogen (secondary N) is 1. The molecule has 2 N–H and O–H groups in total. The molecular formula is C13H17F2NO. The van der Waals surface area contributed by atoms with Gasteiger partial charge in [-0.1, -0.05) is 6.07 Å². The van der Waals surface area contributed by atoms with E-state index in [4.69, 9.17) is 0 Å². The van der Waals surface area contributed by atoms with Gasteiger partial charge in [0.25, 0.3) is 0 Å². The number of rotatable bonds is 5. The Labute approximate surface area is 99.7 Å². The third-order valence-corrected chi connectivity index (χ3v) is 3.23. The smallest absolute Gasteiger partial charge is 0.130 e. The lowest BCUT2D eigenvalue weighted by Gasteiger charge is -2.17. The molecule has 1 aromatic carbocycles. The van der Waals surface area contributed by atoms with Gasteiger partial charge in [-0.2, -0.15) is 0 Å². The van der Waals surface area contributed by atoms with E-state index in [0.29, 0.717) is 18.0 Å². The van der Waals surface area contributed by atoms with Crippen LogP contribution < -0.4 is 5.32 Å². The van der Waals surface area contributed by atoms with E-state index in [-0.39, 0.29) is 12.1 Å². The average molecular weight is 241 g/mol. The van der Waals surface area contributed by atoms with Gasteiger partial charge in [-0.15, -0.1) is 0 Å². The Bertz CT molecular complexity index is 393. The van der Waals surface area contributed by atoms with Gasteiger partial charge >= 0.3 is 0 Å². The molecule has 0 bridgehead atoms. The first kappa shape index (κ1) is 12.5. The molecule has 1 aliphatic carbocycles. The quantitative estimate of drug-likeness (QED) is 0.829. The zero-order valence-electron chi connectivity index (χ0n) is 9.79. The first-order chi connectivity index (χ1) is 8.08. The largest absolute Gasteiger partial charge is 0.392 e. The van der Waals surface area contributed by atoms with Crippen molar-refractivity contribution < 1.29 is 13.9 Å². The number of aliphatic hydroxyl groups excluding tert-OH is 1. The van der Waals surface area contributed by atoms with Crippen molar-refractivity contribution in [2.45, 2.75) is 31.9 Å². The Hall–Kier alpha value is -1.00. The van der Waals surface area contributed by atoms with Crippen molar-refractivity contribution in [1.29, 1.82) is 0 Å². The lowest BCUT2D eigenvalue weighted by atomic mass is 10.1. The second-order valence-corrected chi connectivity index (χ2v) is 4.70. The molecule has 0 spiro atoms. The van der Waals surface area contributed by atoms with Crippen LogP contribution >= 0.6 is 0 Å². The van der Waals surface area contributed by atoms with E-state index in [0.717, 1.165) is 18.9 Å². The van der Waals surface area contributed by atoms with Gasteiger partial charge in [0.05, 0.1) is 6.10 Å². The van der Waals surface area contributed by atoms with Crippen LogP contribution in [-0.2, 0) is 0 Å². The molecule has 2 unspecified atom stereocenters. The highest BCUT2D eigenvalue weighted by Gasteiger charge is 2.29. The van der Waals surface area contributed by atoms with Gasteiger partial charge in [0.15, 0.2) is 0 Å². The Balaban J connectivity index is 1.91. The molecule has 4 heteroatoms. The minimum Gasteiger partial charge on any atom is -0.392 e.